The summed E-state index contributed by atoms with van der Waals surface area (Å²) in [5.74, 6) is -1.35. The standard InChI is InChI=1S/C29H30F3N7O2/c1-15-7-17(8-23(33)27(15)36-16(2)40)20-5-6-34-12-25(20)37-28-35-11-19-3-4-24(38-39(19)28)26-21(30)9-18(10-22(26)31)29(32)13-41-14-29/h3-6,9-12,15,17,23,27H,7-8,13-14,33H2,1-2H3,(H,35,37)(H,36,40). The van der Waals surface area contributed by atoms with Crippen molar-refractivity contribution in [2.75, 3.05) is 18.5 Å². The maximum atomic E-state index is 15.1. The largest absolute Gasteiger partial charge is 0.374 e. The van der Waals surface area contributed by atoms with Crippen molar-refractivity contribution in [2.24, 2.45) is 11.7 Å². The van der Waals surface area contributed by atoms with Crippen LogP contribution in [0.25, 0.3) is 16.8 Å². The van der Waals surface area contributed by atoms with E-state index < -0.39 is 17.3 Å². The molecule has 1 saturated heterocycles. The molecule has 2 aliphatic rings. The first-order valence-corrected chi connectivity index (χ1v) is 13.5. The number of benzene rings is 1. The van der Waals surface area contributed by atoms with Crippen LogP contribution in [0.1, 0.15) is 43.7 Å². The summed E-state index contributed by atoms with van der Waals surface area (Å²) in [6.45, 7) is 3.09. The zero-order valence-electron chi connectivity index (χ0n) is 22.6. The molecule has 1 aromatic carbocycles. The number of amides is 1. The van der Waals surface area contributed by atoms with Crippen molar-refractivity contribution in [2.45, 2.75) is 50.4 Å². The predicted molar refractivity (Wildman–Crippen MR) is 146 cm³/mol. The molecule has 12 heteroatoms. The molecule has 1 amide bonds. The van der Waals surface area contributed by atoms with E-state index in [4.69, 9.17) is 10.5 Å². The quantitative estimate of drug-likeness (QED) is 0.318. The van der Waals surface area contributed by atoms with Crippen molar-refractivity contribution in [3.05, 3.63) is 71.7 Å². The van der Waals surface area contributed by atoms with Gasteiger partial charge < -0.3 is 21.1 Å². The number of alkyl halides is 1. The minimum absolute atomic E-state index is 0.0281. The molecule has 0 bridgehead atoms. The van der Waals surface area contributed by atoms with Gasteiger partial charge >= 0.3 is 0 Å². The maximum absolute atomic E-state index is 15.1. The molecule has 0 radical (unpaired) electrons. The van der Waals surface area contributed by atoms with Crippen molar-refractivity contribution in [3.8, 4) is 11.3 Å². The average molecular weight is 566 g/mol. The fourth-order valence-corrected chi connectivity index (χ4v) is 5.94. The van der Waals surface area contributed by atoms with E-state index >= 15 is 8.78 Å². The highest BCUT2D eigenvalue weighted by Gasteiger charge is 2.42. The lowest BCUT2D eigenvalue weighted by atomic mass is 9.73. The second kappa shape index (κ2) is 10.4. The van der Waals surface area contributed by atoms with Crippen LogP contribution < -0.4 is 16.4 Å². The SMILES string of the molecule is CC(=O)NC1C(C)CC(c2ccncc2Nc2ncc3ccc(-c4c(F)cc(C5(F)COC5)cc4F)nn23)CC1N. The molecule has 6 rings (SSSR count). The zero-order valence-corrected chi connectivity index (χ0v) is 22.6. The van der Waals surface area contributed by atoms with E-state index in [1.165, 1.54) is 17.5 Å². The number of pyridine rings is 1. The second-order valence-electron chi connectivity index (χ2n) is 11.0. The topological polar surface area (TPSA) is 119 Å². The third-order valence-corrected chi connectivity index (χ3v) is 8.06. The Morgan fingerprint density at radius 3 is 2.56 bits per heavy atom. The van der Waals surface area contributed by atoms with Gasteiger partial charge in [-0.1, -0.05) is 6.92 Å². The smallest absolute Gasteiger partial charge is 0.229 e. The number of carbonyl (C=O) groups is 1. The Morgan fingerprint density at radius 2 is 1.90 bits per heavy atom. The number of anilines is 2. The van der Waals surface area contributed by atoms with Gasteiger partial charge in [0.25, 0.3) is 0 Å². The number of ether oxygens (including phenoxy) is 1. The first-order valence-electron chi connectivity index (χ1n) is 13.5. The molecule has 1 saturated carbocycles. The predicted octanol–water partition coefficient (Wildman–Crippen LogP) is 4.35. The van der Waals surface area contributed by atoms with Crippen LogP contribution in [0.3, 0.4) is 0 Å². The molecule has 214 valence electrons. The van der Waals surface area contributed by atoms with Gasteiger partial charge in [0.05, 0.1) is 48.1 Å². The summed E-state index contributed by atoms with van der Waals surface area (Å²) in [6, 6.07) is 6.74. The number of nitrogens with two attached hydrogens (primary N) is 1. The van der Waals surface area contributed by atoms with Crippen LogP contribution in [-0.4, -0.2) is 50.8 Å². The monoisotopic (exact) mass is 565 g/mol. The lowest BCUT2D eigenvalue weighted by Gasteiger charge is -2.39. The van der Waals surface area contributed by atoms with Gasteiger partial charge in [-0.15, -0.1) is 0 Å². The molecule has 2 fully saturated rings. The molecule has 1 aliphatic carbocycles. The molecule has 9 nitrogen and oxygen atoms in total. The van der Waals surface area contributed by atoms with Gasteiger partial charge in [0.2, 0.25) is 11.9 Å². The summed E-state index contributed by atoms with van der Waals surface area (Å²) in [7, 11) is 0. The van der Waals surface area contributed by atoms with E-state index in [1.807, 2.05) is 6.07 Å². The fraction of sp³-hybridized carbons (Fsp3) is 0.379. The van der Waals surface area contributed by atoms with Gasteiger partial charge in [0.1, 0.15) is 11.6 Å². The maximum Gasteiger partial charge on any atom is 0.229 e. The Balaban J connectivity index is 1.30. The number of nitrogens with one attached hydrogen (secondary N) is 2. The average Bonchev–Trinajstić information content (AvgIpc) is 3.31. The number of hydrogen-bond acceptors (Lipinski definition) is 7. The normalized spacial score (nSPS) is 23.7. The summed E-state index contributed by atoms with van der Waals surface area (Å²) in [6.07, 6.45) is 6.46. The summed E-state index contributed by atoms with van der Waals surface area (Å²) in [5, 5.41) is 10.7. The number of carbonyl (C=O) groups excluding carboxylic acids is 1. The molecule has 4 atom stereocenters. The molecule has 41 heavy (non-hydrogen) atoms. The summed E-state index contributed by atoms with van der Waals surface area (Å²) >= 11 is 0. The molecule has 4 N–H and O–H groups in total. The molecule has 4 aromatic rings. The summed E-state index contributed by atoms with van der Waals surface area (Å²) in [4.78, 5) is 20.4. The van der Waals surface area contributed by atoms with Crippen LogP contribution in [0.2, 0.25) is 0 Å². The van der Waals surface area contributed by atoms with Crippen molar-refractivity contribution >= 4 is 23.1 Å². The Labute approximate surface area is 234 Å². The highest BCUT2D eigenvalue weighted by atomic mass is 19.1. The molecule has 4 unspecified atom stereocenters. The van der Waals surface area contributed by atoms with Crippen molar-refractivity contribution in [1.29, 1.82) is 0 Å². The number of halogens is 3. The Kier molecular flexibility index (Phi) is 6.90. The number of nitrogens with zero attached hydrogens (tertiary/aromatic N) is 4. The van der Waals surface area contributed by atoms with E-state index in [9.17, 15) is 9.18 Å². The zero-order chi connectivity index (χ0) is 28.9. The first kappa shape index (κ1) is 27.2. The highest BCUT2D eigenvalue weighted by molar-refractivity contribution is 5.73. The lowest BCUT2D eigenvalue weighted by molar-refractivity contribution is -0.135. The van der Waals surface area contributed by atoms with Crippen LogP contribution in [0.5, 0.6) is 0 Å². The second-order valence-corrected chi connectivity index (χ2v) is 11.0. The number of imidazole rings is 1. The summed E-state index contributed by atoms with van der Waals surface area (Å²) < 4.78 is 51.3. The van der Waals surface area contributed by atoms with Gasteiger partial charge in [-0.25, -0.2) is 18.2 Å². The molecule has 1 aliphatic heterocycles. The fourth-order valence-electron chi connectivity index (χ4n) is 5.94. The number of rotatable bonds is 6. The number of aromatic nitrogens is 4. The molecular formula is C29H30F3N7O2. The molecule has 3 aromatic heterocycles. The van der Waals surface area contributed by atoms with E-state index in [2.05, 4.69) is 32.6 Å². The Morgan fingerprint density at radius 1 is 1.15 bits per heavy atom. The third-order valence-electron chi connectivity index (χ3n) is 8.06. The van der Waals surface area contributed by atoms with Gasteiger partial charge in [-0.3, -0.25) is 9.78 Å². The molecular weight excluding hydrogens is 535 g/mol. The van der Waals surface area contributed by atoms with Gasteiger partial charge in [-0.2, -0.15) is 9.61 Å². The van der Waals surface area contributed by atoms with Gasteiger partial charge in [0.15, 0.2) is 5.67 Å². The van der Waals surface area contributed by atoms with E-state index in [-0.39, 0.29) is 59.9 Å². The van der Waals surface area contributed by atoms with Crippen molar-refractivity contribution in [3.63, 3.8) is 0 Å². The van der Waals surface area contributed by atoms with E-state index in [0.29, 0.717) is 23.6 Å². The van der Waals surface area contributed by atoms with Crippen molar-refractivity contribution < 1.29 is 22.7 Å². The van der Waals surface area contributed by atoms with Crippen molar-refractivity contribution in [1.82, 2.24) is 24.9 Å². The minimum atomic E-state index is -1.90. The summed E-state index contributed by atoms with van der Waals surface area (Å²) in [5.41, 5.74) is 6.44. The van der Waals surface area contributed by atoms with Crippen LogP contribution >= 0.6 is 0 Å². The van der Waals surface area contributed by atoms with Crippen LogP contribution in [0.15, 0.2) is 48.9 Å². The molecule has 0 spiro atoms. The highest BCUT2D eigenvalue weighted by Crippen LogP contribution is 2.40. The molecule has 4 heterocycles. The van der Waals surface area contributed by atoms with Gasteiger partial charge in [0, 0.05) is 25.2 Å². The minimum Gasteiger partial charge on any atom is -0.374 e. The Bertz CT molecular complexity index is 1590. The van der Waals surface area contributed by atoms with Crippen LogP contribution in [-0.2, 0) is 15.2 Å². The van der Waals surface area contributed by atoms with Crippen LogP contribution in [0, 0.1) is 17.6 Å². The third kappa shape index (κ3) is 5.02. The number of hydrogen-bond donors (Lipinski definition) is 3. The first-order chi connectivity index (χ1) is 19.6. The van der Waals surface area contributed by atoms with E-state index in [0.717, 1.165) is 24.1 Å². The Hall–Kier alpha value is -4.03. The van der Waals surface area contributed by atoms with Gasteiger partial charge in [-0.05, 0) is 66.1 Å². The number of fused-ring (bicyclic) bond motifs is 1. The van der Waals surface area contributed by atoms with Crippen LogP contribution in [0.4, 0.5) is 24.8 Å². The lowest BCUT2D eigenvalue weighted by Crippen LogP contribution is -2.54. The van der Waals surface area contributed by atoms with E-state index in [1.54, 1.807) is 24.7 Å².